The number of piperazine rings is 1. The van der Waals surface area contributed by atoms with E-state index in [1.165, 1.54) is 5.69 Å². The molecule has 0 N–H and O–H groups in total. The van der Waals surface area contributed by atoms with Crippen molar-refractivity contribution in [2.45, 2.75) is 6.54 Å². The zero-order valence-corrected chi connectivity index (χ0v) is 19.2. The van der Waals surface area contributed by atoms with E-state index in [-0.39, 0.29) is 5.56 Å². The van der Waals surface area contributed by atoms with E-state index in [9.17, 15) is 4.79 Å². The molecule has 1 aliphatic heterocycles. The van der Waals surface area contributed by atoms with Crippen LogP contribution in [0.1, 0.15) is 11.3 Å². The fraction of sp³-hybridized carbons (Fsp3) is 0.308. The van der Waals surface area contributed by atoms with Gasteiger partial charge < -0.3 is 14.4 Å². The van der Waals surface area contributed by atoms with Crippen LogP contribution in [0.25, 0.3) is 12.2 Å². The molecule has 1 aromatic heterocycles. The fourth-order valence-electron chi connectivity index (χ4n) is 3.87. The van der Waals surface area contributed by atoms with Gasteiger partial charge in [-0.15, -0.1) is 0 Å². The van der Waals surface area contributed by atoms with Crippen molar-refractivity contribution in [3.63, 3.8) is 0 Å². The van der Waals surface area contributed by atoms with E-state index in [2.05, 4.69) is 27.0 Å². The van der Waals surface area contributed by atoms with E-state index >= 15 is 0 Å². The number of benzene rings is 2. The van der Waals surface area contributed by atoms with Gasteiger partial charge in [-0.25, -0.2) is 4.68 Å². The van der Waals surface area contributed by atoms with E-state index in [1.54, 1.807) is 31.0 Å². The van der Waals surface area contributed by atoms with Crippen molar-refractivity contribution in [2.75, 3.05) is 51.8 Å². The summed E-state index contributed by atoms with van der Waals surface area (Å²) in [6.07, 6.45) is 3.90. The highest BCUT2D eigenvalue weighted by molar-refractivity contribution is 5.68. The van der Waals surface area contributed by atoms with Crippen LogP contribution in [0.2, 0.25) is 0 Å². The monoisotopic (exact) mass is 446 g/mol. The fourth-order valence-corrected chi connectivity index (χ4v) is 3.87. The Morgan fingerprint density at radius 2 is 1.42 bits per heavy atom. The third-order valence-electron chi connectivity index (χ3n) is 5.89. The maximum atomic E-state index is 12.3. The Balaban J connectivity index is 1.31. The van der Waals surface area contributed by atoms with Crippen LogP contribution in [-0.4, -0.2) is 61.6 Å². The van der Waals surface area contributed by atoms with Gasteiger partial charge in [0.25, 0.3) is 5.56 Å². The predicted octanol–water partition coefficient (Wildman–Crippen LogP) is 3.25. The van der Waals surface area contributed by atoms with E-state index < -0.39 is 0 Å². The largest absolute Gasteiger partial charge is 0.497 e. The Morgan fingerprint density at radius 3 is 2.06 bits per heavy atom. The summed E-state index contributed by atoms with van der Waals surface area (Å²) in [5.41, 5.74) is 2.94. The van der Waals surface area contributed by atoms with Gasteiger partial charge in [0.1, 0.15) is 11.5 Å². The van der Waals surface area contributed by atoms with Gasteiger partial charge in [0.15, 0.2) is 0 Å². The molecule has 0 spiro atoms. The molecule has 172 valence electrons. The minimum Gasteiger partial charge on any atom is -0.497 e. The Labute approximate surface area is 194 Å². The first-order valence-corrected chi connectivity index (χ1v) is 11.2. The molecule has 33 heavy (non-hydrogen) atoms. The molecule has 0 bridgehead atoms. The molecule has 0 saturated carbocycles. The molecular weight excluding hydrogens is 416 g/mol. The van der Waals surface area contributed by atoms with Crippen molar-refractivity contribution in [1.82, 2.24) is 14.7 Å². The van der Waals surface area contributed by atoms with Gasteiger partial charge in [0.05, 0.1) is 26.5 Å². The molecular formula is C26H30N4O3. The van der Waals surface area contributed by atoms with Crippen molar-refractivity contribution >= 4 is 17.8 Å². The molecule has 0 atom stereocenters. The Bertz CT molecular complexity index is 1120. The van der Waals surface area contributed by atoms with Crippen LogP contribution >= 0.6 is 0 Å². The van der Waals surface area contributed by atoms with Crippen LogP contribution in [-0.2, 0) is 6.54 Å². The number of anilines is 1. The summed E-state index contributed by atoms with van der Waals surface area (Å²) in [6, 6.07) is 19.3. The van der Waals surface area contributed by atoms with Crippen molar-refractivity contribution < 1.29 is 9.47 Å². The smallest absolute Gasteiger partial charge is 0.266 e. The van der Waals surface area contributed by atoms with Crippen molar-refractivity contribution in [3.8, 4) is 11.5 Å². The molecule has 3 aromatic rings. The first-order valence-electron chi connectivity index (χ1n) is 11.2. The van der Waals surface area contributed by atoms with Gasteiger partial charge in [-0.05, 0) is 54.1 Å². The van der Waals surface area contributed by atoms with Crippen LogP contribution < -0.4 is 19.9 Å². The van der Waals surface area contributed by atoms with Crippen molar-refractivity contribution in [2.24, 2.45) is 0 Å². The molecule has 1 saturated heterocycles. The number of methoxy groups -OCH3 is 2. The standard InChI is InChI=1S/C26H30N4O3/c1-32-24-10-4-21(5-11-24)3-6-22-7-14-26(31)30(27-22)20-17-28-15-18-29(19-16-28)23-8-12-25(33-2)13-9-23/h3-14H,15-20H2,1-2H3. The lowest BCUT2D eigenvalue weighted by Crippen LogP contribution is -2.47. The van der Waals surface area contributed by atoms with Crippen molar-refractivity contribution in [3.05, 3.63) is 82.3 Å². The Kier molecular flexibility index (Phi) is 7.42. The van der Waals surface area contributed by atoms with Crippen LogP contribution in [0, 0.1) is 0 Å². The van der Waals surface area contributed by atoms with E-state index in [4.69, 9.17) is 9.47 Å². The molecule has 2 heterocycles. The molecule has 1 aliphatic rings. The molecule has 2 aromatic carbocycles. The van der Waals surface area contributed by atoms with Crippen molar-refractivity contribution in [1.29, 1.82) is 0 Å². The minimum absolute atomic E-state index is 0.0755. The summed E-state index contributed by atoms with van der Waals surface area (Å²) < 4.78 is 12.0. The summed E-state index contributed by atoms with van der Waals surface area (Å²) in [7, 11) is 3.33. The van der Waals surface area contributed by atoms with Gasteiger partial charge in [0, 0.05) is 44.5 Å². The lowest BCUT2D eigenvalue weighted by Gasteiger charge is -2.36. The van der Waals surface area contributed by atoms with Crippen LogP contribution in [0.15, 0.2) is 65.5 Å². The summed E-state index contributed by atoms with van der Waals surface area (Å²) in [6.45, 7) is 5.20. The first-order chi connectivity index (χ1) is 16.1. The van der Waals surface area contributed by atoms with Gasteiger partial charge in [-0.3, -0.25) is 9.69 Å². The Hall–Kier alpha value is -3.58. The maximum Gasteiger partial charge on any atom is 0.266 e. The van der Waals surface area contributed by atoms with Gasteiger partial charge >= 0.3 is 0 Å². The second-order valence-electron chi connectivity index (χ2n) is 7.95. The maximum absolute atomic E-state index is 12.3. The van der Waals surface area contributed by atoms with E-state index in [0.29, 0.717) is 6.54 Å². The zero-order chi connectivity index (χ0) is 23.0. The summed E-state index contributed by atoms with van der Waals surface area (Å²) in [4.78, 5) is 17.1. The SMILES string of the molecule is COc1ccc(C=Cc2ccc(=O)n(CCN3CCN(c4ccc(OC)cc4)CC3)n2)cc1. The molecule has 7 nitrogen and oxygen atoms in total. The second-order valence-corrected chi connectivity index (χ2v) is 7.95. The summed E-state index contributed by atoms with van der Waals surface area (Å²) >= 11 is 0. The molecule has 0 radical (unpaired) electrons. The highest BCUT2D eigenvalue weighted by Gasteiger charge is 2.17. The number of nitrogens with zero attached hydrogens (tertiary/aromatic N) is 4. The van der Waals surface area contributed by atoms with Crippen LogP contribution in [0.5, 0.6) is 11.5 Å². The lowest BCUT2D eigenvalue weighted by atomic mass is 10.2. The quantitative estimate of drug-likeness (QED) is 0.529. The zero-order valence-electron chi connectivity index (χ0n) is 19.2. The Morgan fingerprint density at radius 1 is 0.788 bits per heavy atom. The van der Waals surface area contributed by atoms with Crippen LogP contribution in [0.4, 0.5) is 5.69 Å². The number of hydrogen-bond donors (Lipinski definition) is 0. The average Bonchev–Trinajstić information content (AvgIpc) is 2.88. The predicted molar refractivity (Wildman–Crippen MR) is 132 cm³/mol. The topological polar surface area (TPSA) is 59.8 Å². The first kappa shape index (κ1) is 22.6. The summed E-state index contributed by atoms with van der Waals surface area (Å²) in [5.74, 6) is 1.69. The van der Waals surface area contributed by atoms with E-state index in [1.807, 2.05) is 48.6 Å². The van der Waals surface area contributed by atoms with Gasteiger partial charge in [-0.1, -0.05) is 18.2 Å². The number of aromatic nitrogens is 2. The highest BCUT2D eigenvalue weighted by Crippen LogP contribution is 2.20. The summed E-state index contributed by atoms with van der Waals surface area (Å²) in [5, 5.41) is 4.53. The lowest BCUT2D eigenvalue weighted by molar-refractivity contribution is 0.242. The molecule has 7 heteroatoms. The molecule has 0 aliphatic carbocycles. The van der Waals surface area contributed by atoms with Gasteiger partial charge in [0.2, 0.25) is 0 Å². The number of rotatable bonds is 8. The average molecular weight is 447 g/mol. The van der Waals surface area contributed by atoms with Gasteiger partial charge in [-0.2, -0.15) is 5.10 Å². The second kappa shape index (κ2) is 10.8. The third-order valence-corrected chi connectivity index (χ3v) is 5.89. The highest BCUT2D eigenvalue weighted by atomic mass is 16.5. The molecule has 4 rings (SSSR count). The van der Waals surface area contributed by atoms with E-state index in [0.717, 1.165) is 55.5 Å². The number of ether oxygens (including phenoxy) is 2. The third kappa shape index (κ3) is 6.02. The number of hydrogen-bond acceptors (Lipinski definition) is 6. The molecule has 0 amide bonds. The van der Waals surface area contributed by atoms with Crippen LogP contribution in [0.3, 0.4) is 0 Å². The molecule has 0 unspecified atom stereocenters. The normalized spacial score (nSPS) is 14.5. The minimum atomic E-state index is -0.0755. The molecule has 1 fully saturated rings.